The van der Waals surface area contributed by atoms with Gasteiger partial charge in [-0.05, 0) is 31.2 Å². The zero-order valence-electron chi connectivity index (χ0n) is 11.7. The van der Waals surface area contributed by atoms with Gasteiger partial charge in [-0.2, -0.15) is 0 Å². The summed E-state index contributed by atoms with van der Waals surface area (Å²) in [7, 11) is -0.969. The Labute approximate surface area is 132 Å². The molecule has 6 nitrogen and oxygen atoms in total. The van der Waals surface area contributed by atoms with E-state index in [9.17, 15) is 13.2 Å². The Morgan fingerprint density at radius 1 is 1.52 bits per heavy atom. The number of hydrogen-bond acceptors (Lipinski definition) is 5. The van der Waals surface area contributed by atoms with Crippen LogP contribution in [0.3, 0.4) is 0 Å². The van der Waals surface area contributed by atoms with E-state index >= 15 is 0 Å². The predicted molar refractivity (Wildman–Crippen MR) is 84.3 cm³/mol. The topological polar surface area (TPSA) is 92.5 Å². The molecule has 1 fully saturated rings. The van der Waals surface area contributed by atoms with Crippen LogP contribution in [0.4, 0.5) is 0 Å². The van der Waals surface area contributed by atoms with E-state index in [1.165, 1.54) is 0 Å². The van der Waals surface area contributed by atoms with Crippen molar-refractivity contribution in [1.29, 1.82) is 0 Å². The Kier molecular flexibility index (Phi) is 5.03. The largest absolute Gasteiger partial charge is 0.298 e. The highest BCUT2D eigenvalue weighted by Gasteiger charge is 2.30. The van der Waals surface area contributed by atoms with Gasteiger partial charge in [0.15, 0.2) is 9.84 Å². The molecule has 8 heteroatoms. The van der Waals surface area contributed by atoms with E-state index in [0.717, 1.165) is 10.0 Å². The highest BCUT2D eigenvalue weighted by Crippen LogP contribution is 2.23. The Morgan fingerprint density at radius 3 is 2.76 bits per heavy atom. The number of halogens is 1. The second kappa shape index (κ2) is 6.43. The van der Waals surface area contributed by atoms with Crippen LogP contribution in [0.5, 0.6) is 0 Å². The molecule has 0 bridgehead atoms. The van der Waals surface area contributed by atoms with E-state index in [1.54, 1.807) is 12.1 Å². The van der Waals surface area contributed by atoms with Gasteiger partial charge in [0.05, 0.1) is 11.5 Å². The predicted octanol–water partition coefficient (Wildman–Crippen LogP) is 0.671. The number of hydrogen-bond donors (Lipinski definition) is 2. The molecule has 1 amide bonds. The summed E-state index contributed by atoms with van der Waals surface area (Å²) >= 11 is 3.44. The lowest BCUT2D eigenvalue weighted by Crippen LogP contribution is -2.32. The second-order valence-corrected chi connectivity index (χ2v) is 8.33. The summed E-state index contributed by atoms with van der Waals surface area (Å²) in [5.74, 6) is 5.23. The van der Waals surface area contributed by atoms with Gasteiger partial charge in [0, 0.05) is 22.6 Å². The molecule has 3 N–H and O–H groups in total. The molecule has 1 unspecified atom stereocenters. The van der Waals surface area contributed by atoms with Crippen LogP contribution < -0.4 is 11.3 Å². The van der Waals surface area contributed by atoms with Crippen LogP contribution in [0, 0.1) is 0 Å². The number of nitrogen functional groups attached to an aromatic ring is 1. The first-order valence-corrected chi connectivity index (χ1v) is 9.14. The highest BCUT2D eigenvalue weighted by atomic mass is 79.9. The molecule has 1 heterocycles. The fourth-order valence-electron chi connectivity index (χ4n) is 2.42. The molecule has 116 valence electrons. The van der Waals surface area contributed by atoms with Crippen LogP contribution >= 0.6 is 15.9 Å². The van der Waals surface area contributed by atoms with Crippen LogP contribution in [0.15, 0.2) is 22.7 Å². The molecule has 1 aliphatic rings. The van der Waals surface area contributed by atoms with E-state index in [2.05, 4.69) is 21.4 Å². The summed E-state index contributed by atoms with van der Waals surface area (Å²) in [6, 6.07) is 5.29. The van der Waals surface area contributed by atoms with Gasteiger partial charge in [0.2, 0.25) is 0 Å². The third-order valence-corrected chi connectivity index (χ3v) is 6.19. The first-order chi connectivity index (χ1) is 9.82. The molecule has 2 rings (SSSR count). The number of sulfone groups is 1. The van der Waals surface area contributed by atoms with E-state index in [1.807, 2.05) is 18.0 Å². The van der Waals surface area contributed by atoms with Crippen molar-refractivity contribution < 1.29 is 13.2 Å². The van der Waals surface area contributed by atoms with Gasteiger partial charge >= 0.3 is 0 Å². The van der Waals surface area contributed by atoms with Crippen LogP contribution in [-0.4, -0.2) is 43.8 Å². The number of hydrazine groups is 1. The summed E-state index contributed by atoms with van der Waals surface area (Å²) in [5.41, 5.74) is 3.55. The van der Waals surface area contributed by atoms with Gasteiger partial charge in [-0.3, -0.25) is 15.1 Å². The molecule has 1 atom stereocenters. The minimum Gasteiger partial charge on any atom is -0.298 e. The minimum absolute atomic E-state index is 0.0499. The molecule has 1 aromatic carbocycles. The third-order valence-electron chi connectivity index (χ3n) is 3.70. The van der Waals surface area contributed by atoms with Crippen molar-refractivity contribution in [2.75, 3.05) is 18.6 Å². The van der Waals surface area contributed by atoms with Crippen LogP contribution in [0.2, 0.25) is 0 Å². The second-order valence-electron chi connectivity index (χ2n) is 5.25. The van der Waals surface area contributed by atoms with Gasteiger partial charge in [-0.15, -0.1) is 0 Å². The van der Waals surface area contributed by atoms with E-state index < -0.39 is 9.84 Å². The maximum absolute atomic E-state index is 11.5. The molecule has 1 aromatic rings. The van der Waals surface area contributed by atoms with Gasteiger partial charge in [-0.1, -0.05) is 22.0 Å². The standard InChI is InChI=1S/C13H18BrN3O3S/c1-17(11-4-5-21(19,20)8-11)7-10-3-2-9(6-12(10)14)13(18)16-15/h2-3,6,11H,4-5,7-8,15H2,1H3,(H,16,18). The Balaban J connectivity index is 2.08. The molecular weight excluding hydrogens is 358 g/mol. The maximum Gasteiger partial charge on any atom is 0.265 e. The Bertz CT molecular complexity index is 648. The summed E-state index contributed by atoms with van der Waals surface area (Å²) in [5, 5.41) is 0. The van der Waals surface area contributed by atoms with Crippen molar-refractivity contribution in [3.05, 3.63) is 33.8 Å². The lowest BCUT2D eigenvalue weighted by atomic mass is 10.1. The Morgan fingerprint density at radius 2 is 2.24 bits per heavy atom. The fourth-order valence-corrected chi connectivity index (χ4v) is 4.73. The fraction of sp³-hybridized carbons (Fsp3) is 0.462. The Hall–Kier alpha value is -0.960. The number of nitrogens with zero attached hydrogens (tertiary/aromatic N) is 1. The quantitative estimate of drug-likeness (QED) is 0.458. The first-order valence-electron chi connectivity index (χ1n) is 6.52. The molecule has 21 heavy (non-hydrogen) atoms. The summed E-state index contributed by atoms with van der Waals surface area (Å²) in [4.78, 5) is 13.5. The lowest BCUT2D eigenvalue weighted by Gasteiger charge is -2.23. The van der Waals surface area contributed by atoms with Crippen molar-refractivity contribution in [2.24, 2.45) is 5.84 Å². The lowest BCUT2D eigenvalue weighted by molar-refractivity contribution is 0.0953. The average molecular weight is 376 g/mol. The zero-order valence-corrected chi connectivity index (χ0v) is 14.1. The minimum atomic E-state index is -2.88. The van der Waals surface area contributed by atoms with Crippen LogP contribution in [-0.2, 0) is 16.4 Å². The molecule has 0 saturated carbocycles. The third kappa shape index (κ3) is 4.03. The van der Waals surface area contributed by atoms with Crippen LogP contribution in [0.1, 0.15) is 22.3 Å². The monoisotopic (exact) mass is 375 g/mol. The number of benzene rings is 1. The number of nitrogens with two attached hydrogens (primary N) is 1. The van der Waals surface area contributed by atoms with Gasteiger partial charge in [0.1, 0.15) is 0 Å². The number of nitrogens with one attached hydrogen (secondary N) is 1. The highest BCUT2D eigenvalue weighted by molar-refractivity contribution is 9.10. The molecule has 0 aromatic heterocycles. The molecule has 0 spiro atoms. The number of carbonyl (C=O) groups is 1. The zero-order chi connectivity index (χ0) is 15.6. The van der Waals surface area contributed by atoms with E-state index in [4.69, 9.17) is 5.84 Å². The first kappa shape index (κ1) is 16.4. The van der Waals surface area contributed by atoms with Gasteiger partial charge < -0.3 is 0 Å². The number of rotatable bonds is 4. The molecule has 1 aliphatic heterocycles. The molecule has 0 radical (unpaired) electrons. The smallest absolute Gasteiger partial charge is 0.265 e. The number of carbonyl (C=O) groups excluding carboxylic acids is 1. The van der Waals surface area contributed by atoms with Crippen molar-refractivity contribution in [3.8, 4) is 0 Å². The summed E-state index contributed by atoms with van der Waals surface area (Å²) in [6.45, 7) is 0.616. The van der Waals surface area contributed by atoms with Crippen molar-refractivity contribution >= 4 is 31.7 Å². The number of amides is 1. The van der Waals surface area contributed by atoms with E-state index in [0.29, 0.717) is 18.5 Å². The van der Waals surface area contributed by atoms with Crippen LogP contribution in [0.25, 0.3) is 0 Å². The molecular formula is C13H18BrN3O3S. The summed E-state index contributed by atoms with van der Waals surface area (Å²) in [6.07, 6.45) is 0.671. The summed E-state index contributed by atoms with van der Waals surface area (Å²) < 4.78 is 23.9. The SMILES string of the molecule is CN(Cc1ccc(C(=O)NN)cc1Br)C1CCS(=O)(=O)C1. The van der Waals surface area contributed by atoms with Gasteiger partial charge in [0.25, 0.3) is 5.91 Å². The van der Waals surface area contributed by atoms with E-state index in [-0.39, 0.29) is 23.5 Å². The molecule has 1 saturated heterocycles. The van der Waals surface area contributed by atoms with Gasteiger partial charge in [-0.25, -0.2) is 14.3 Å². The van der Waals surface area contributed by atoms with Crippen molar-refractivity contribution in [3.63, 3.8) is 0 Å². The van der Waals surface area contributed by atoms with Crippen molar-refractivity contribution in [2.45, 2.75) is 19.0 Å². The maximum atomic E-state index is 11.5. The molecule has 0 aliphatic carbocycles. The normalized spacial score (nSPS) is 20.7. The average Bonchev–Trinajstić information content (AvgIpc) is 2.80. The van der Waals surface area contributed by atoms with Crippen molar-refractivity contribution in [1.82, 2.24) is 10.3 Å².